The van der Waals surface area contributed by atoms with E-state index in [1.165, 1.54) is 26.2 Å². The van der Waals surface area contributed by atoms with Crippen LogP contribution in [-0.4, -0.2) is 52.0 Å². The maximum absolute atomic E-state index is 12.1. The zero-order chi connectivity index (χ0) is 20.7. The van der Waals surface area contributed by atoms with Crippen LogP contribution in [0.5, 0.6) is 11.5 Å². The fourth-order valence-electron chi connectivity index (χ4n) is 2.18. The van der Waals surface area contributed by atoms with Gasteiger partial charge in [-0.3, -0.25) is 4.79 Å². The predicted molar refractivity (Wildman–Crippen MR) is 110 cm³/mol. The molecule has 28 heavy (non-hydrogen) atoms. The van der Waals surface area contributed by atoms with Crippen molar-refractivity contribution in [2.45, 2.75) is 17.9 Å². The summed E-state index contributed by atoms with van der Waals surface area (Å²) in [4.78, 5) is 12.3. The Morgan fingerprint density at radius 1 is 1.07 bits per heavy atom. The number of sulfonamides is 1. The van der Waals surface area contributed by atoms with Gasteiger partial charge in [0.05, 0.1) is 11.4 Å². The number of nitrogens with one attached hydrogen (secondary N) is 1. The second-order valence-corrected chi connectivity index (χ2v) is 9.18. The van der Waals surface area contributed by atoms with Gasteiger partial charge in [0, 0.05) is 18.6 Å². The molecular weight excluding hydrogens is 448 g/mol. The van der Waals surface area contributed by atoms with Crippen LogP contribution in [0, 0.1) is 0 Å². The fourth-order valence-corrected chi connectivity index (χ4v) is 3.34. The first-order chi connectivity index (χ1) is 13.2. The molecule has 0 saturated heterocycles. The summed E-state index contributed by atoms with van der Waals surface area (Å²) in [5.41, 5.74) is 0. The Kier molecular flexibility index (Phi) is 7.85. The highest BCUT2D eigenvalue weighted by Gasteiger charge is 2.17. The molecular formula is C19H23BrN2O5S. The lowest BCUT2D eigenvalue weighted by atomic mass is 10.3. The molecule has 1 amide bonds. The highest BCUT2D eigenvalue weighted by Crippen LogP contribution is 2.18. The molecule has 2 aromatic rings. The van der Waals surface area contributed by atoms with Crippen LogP contribution >= 0.6 is 15.9 Å². The smallest absolute Gasteiger partial charge is 0.260 e. The monoisotopic (exact) mass is 470 g/mol. The minimum Gasteiger partial charge on any atom is -0.492 e. The Morgan fingerprint density at radius 2 is 1.64 bits per heavy atom. The van der Waals surface area contributed by atoms with Crippen LogP contribution < -0.4 is 14.8 Å². The van der Waals surface area contributed by atoms with Crippen LogP contribution in [0.15, 0.2) is 57.9 Å². The summed E-state index contributed by atoms with van der Waals surface area (Å²) in [6.45, 7) is 2.21. The third kappa shape index (κ3) is 6.22. The zero-order valence-corrected chi connectivity index (χ0v) is 18.3. The standard InChI is InChI=1S/C19H23BrN2O5S/c1-14(27-17-6-4-15(20)5-7-17)19(23)21-12-13-26-16-8-10-18(11-9-16)28(24,25)22(2)3/h4-11,14H,12-13H2,1-3H3,(H,21,23). The molecule has 1 N–H and O–H groups in total. The van der Waals surface area contributed by atoms with Gasteiger partial charge < -0.3 is 14.8 Å². The van der Waals surface area contributed by atoms with Gasteiger partial charge in [-0.25, -0.2) is 12.7 Å². The Morgan fingerprint density at radius 3 is 2.21 bits per heavy atom. The Bertz CT molecular complexity index is 884. The number of halogens is 1. The highest BCUT2D eigenvalue weighted by atomic mass is 79.9. The first-order valence-corrected chi connectivity index (χ1v) is 10.8. The average molecular weight is 471 g/mol. The van der Waals surface area contributed by atoms with Crippen molar-refractivity contribution in [2.75, 3.05) is 27.2 Å². The van der Waals surface area contributed by atoms with Crippen LogP contribution in [-0.2, 0) is 14.8 Å². The number of nitrogens with zero attached hydrogens (tertiary/aromatic N) is 1. The quantitative estimate of drug-likeness (QED) is 0.569. The fraction of sp³-hybridized carbons (Fsp3) is 0.316. The molecule has 1 unspecified atom stereocenters. The number of hydrogen-bond acceptors (Lipinski definition) is 5. The van der Waals surface area contributed by atoms with Gasteiger partial charge in [0.25, 0.3) is 5.91 Å². The molecule has 1 atom stereocenters. The largest absolute Gasteiger partial charge is 0.492 e. The van der Waals surface area contributed by atoms with E-state index in [4.69, 9.17) is 9.47 Å². The van der Waals surface area contributed by atoms with Crippen LogP contribution in [0.25, 0.3) is 0 Å². The van der Waals surface area contributed by atoms with Crippen molar-refractivity contribution in [3.8, 4) is 11.5 Å². The first-order valence-electron chi connectivity index (χ1n) is 8.55. The highest BCUT2D eigenvalue weighted by molar-refractivity contribution is 9.10. The van der Waals surface area contributed by atoms with E-state index in [1.54, 1.807) is 31.2 Å². The van der Waals surface area contributed by atoms with Crippen molar-refractivity contribution in [3.63, 3.8) is 0 Å². The zero-order valence-electron chi connectivity index (χ0n) is 15.9. The topological polar surface area (TPSA) is 84.9 Å². The minimum atomic E-state index is -3.46. The van der Waals surface area contributed by atoms with Crippen LogP contribution in [0.3, 0.4) is 0 Å². The van der Waals surface area contributed by atoms with Crippen molar-refractivity contribution in [2.24, 2.45) is 0 Å². The summed E-state index contributed by atoms with van der Waals surface area (Å²) in [5, 5.41) is 2.73. The first kappa shape index (κ1) is 22.2. The molecule has 0 fully saturated rings. The molecule has 0 radical (unpaired) electrons. The summed E-state index contributed by atoms with van der Waals surface area (Å²) >= 11 is 3.34. The summed E-state index contributed by atoms with van der Waals surface area (Å²) in [6.07, 6.45) is -0.642. The number of amides is 1. The maximum atomic E-state index is 12.1. The number of benzene rings is 2. The van der Waals surface area contributed by atoms with Gasteiger partial charge in [-0.05, 0) is 55.5 Å². The van der Waals surface area contributed by atoms with Crippen LogP contribution in [0.2, 0.25) is 0 Å². The molecule has 2 aromatic carbocycles. The van der Waals surface area contributed by atoms with E-state index in [9.17, 15) is 13.2 Å². The normalized spacial score (nSPS) is 12.5. The van der Waals surface area contributed by atoms with E-state index >= 15 is 0 Å². The van der Waals surface area contributed by atoms with Gasteiger partial charge in [-0.15, -0.1) is 0 Å². The molecule has 0 bridgehead atoms. The molecule has 0 spiro atoms. The van der Waals surface area contributed by atoms with Crippen molar-refractivity contribution in [3.05, 3.63) is 53.0 Å². The van der Waals surface area contributed by atoms with Crippen molar-refractivity contribution in [1.29, 1.82) is 0 Å². The predicted octanol–water partition coefficient (Wildman–Crippen LogP) is 2.66. The van der Waals surface area contributed by atoms with Crippen molar-refractivity contribution >= 4 is 31.9 Å². The summed E-state index contributed by atoms with van der Waals surface area (Å²) in [5.74, 6) is 0.875. The SMILES string of the molecule is CC(Oc1ccc(Br)cc1)C(=O)NCCOc1ccc(S(=O)(=O)N(C)C)cc1. The molecule has 9 heteroatoms. The number of carbonyl (C=O) groups excluding carboxylic acids is 1. The molecule has 152 valence electrons. The Balaban J connectivity index is 1.76. The second kappa shape index (κ2) is 9.90. The average Bonchev–Trinajstić information content (AvgIpc) is 2.67. The van der Waals surface area contributed by atoms with E-state index < -0.39 is 16.1 Å². The lowest BCUT2D eigenvalue weighted by molar-refractivity contribution is -0.127. The number of hydrogen-bond donors (Lipinski definition) is 1. The van der Waals surface area contributed by atoms with Crippen LogP contribution in [0.4, 0.5) is 0 Å². The van der Waals surface area contributed by atoms with E-state index in [2.05, 4.69) is 21.2 Å². The van der Waals surface area contributed by atoms with Gasteiger partial charge in [-0.1, -0.05) is 15.9 Å². The van der Waals surface area contributed by atoms with Crippen LogP contribution in [0.1, 0.15) is 6.92 Å². The molecule has 0 aromatic heterocycles. The number of ether oxygens (including phenoxy) is 2. The molecule has 7 nitrogen and oxygen atoms in total. The van der Waals surface area contributed by atoms with E-state index in [0.29, 0.717) is 18.0 Å². The molecule has 0 aliphatic heterocycles. The molecule has 0 saturated carbocycles. The molecule has 0 aliphatic carbocycles. The van der Waals surface area contributed by atoms with E-state index in [0.717, 1.165) is 8.78 Å². The second-order valence-electron chi connectivity index (χ2n) is 6.11. The van der Waals surface area contributed by atoms with Crippen molar-refractivity contribution < 1.29 is 22.7 Å². The molecule has 0 aliphatic rings. The number of rotatable bonds is 9. The van der Waals surface area contributed by atoms with E-state index in [-0.39, 0.29) is 17.4 Å². The van der Waals surface area contributed by atoms with Gasteiger partial charge in [0.2, 0.25) is 10.0 Å². The molecule has 2 rings (SSSR count). The van der Waals surface area contributed by atoms with Crippen molar-refractivity contribution in [1.82, 2.24) is 9.62 Å². The van der Waals surface area contributed by atoms with Gasteiger partial charge >= 0.3 is 0 Å². The minimum absolute atomic E-state index is 0.192. The van der Waals surface area contributed by atoms with Gasteiger partial charge in [0.1, 0.15) is 18.1 Å². The Labute approximate surface area is 173 Å². The molecule has 0 heterocycles. The summed E-state index contributed by atoms with van der Waals surface area (Å²) in [6, 6.07) is 13.4. The lowest BCUT2D eigenvalue weighted by Crippen LogP contribution is -2.38. The Hall–Kier alpha value is -2.10. The van der Waals surface area contributed by atoms with Gasteiger partial charge in [0.15, 0.2) is 6.10 Å². The third-order valence-electron chi connectivity index (χ3n) is 3.77. The van der Waals surface area contributed by atoms with Gasteiger partial charge in [-0.2, -0.15) is 0 Å². The van der Waals surface area contributed by atoms with E-state index in [1.807, 2.05) is 12.1 Å². The lowest BCUT2D eigenvalue weighted by Gasteiger charge is -2.15. The third-order valence-corrected chi connectivity index (χ3v) is 6.13. The summed E-state index contributed by atoms with van der Waals surface area (Å²) < 4.78 is 37.2. The number of carbonyl (C=O) groups is 1. The maximum Gasteiger partial charge on any atom is 0.260 e. The summed E-state index contributed by atoms with van der Waals surface area (Å²) in [7, 11) is -0.512.